The summed E-state index contributed by atoms with van der Waals surface area (Å²) in [5, 5.41) is 4.44. The molecule has 9 heteroatoms. The Hall–Kier alpha value is -2.81. The first-order valence-electron chi connectivity index (χ1n) is 9.59. The number of hydrogen-bond acceptors (Lipinski definition) is 8. The van der Waals surface area contributed by atoms with Crippen molar-refractivity contribution in [2.24, 2.45) is 0 Å². The zero-order valence-corrected chi connectivity index (χ0v) is 16.3. The SMILES string of the molecule is COc1nc(C)nc2c1CN(c1ncnn3c(C)nc(C4CCOC4)c13)CC2. The number of anilines is 1. The molecule has 0 N–H and O–H groups in total. The predicted molar refractivity (Wildman–Crippen MR) is 102 cm³/mol. The number of aromatic nitrogens is 6. The Bertz CT molecular complexity index is 1030. The first-order valence-corrected chi connectivity index (χ1v) is 9.59. The van der Waals surface area contributed by atoms with E-state index in [9.17, 15) is 0 Å². The van der Waals surface area contributed by atoms with Gasteiger partial charge in [0.15, 0.2) is 5.82 Å². The molecule has 146 valence electrons. The van der Waals surface area contributed by atoms with Crippen molar-refractivity contribution in [3.8, 4) is 5.88 Å². The van der Waals surface area contributed by atoms with Crippen LogP contribution in [0.5, 0.6) is 5.88 Å². The van der Waals surface area contributed by atoms with Crippen LogP contribution in [0.3, 0.4) is 0 Å². The molecule has 5 rings (SSSR count). The summed E-state index contributed by atoms with van der Waals surface area (Å²) in [5.41, 5.74) is 4.09. The molecule has 9 nitrogen and oxygen atoms in total. The van der Waals surface area contributed by atoms with Gasteiger partial charge in [-0.05, 0) is 20.3 Å². The van der Waals surface area contributed by atoms with Gasteiger partial charge in [0.25, 0.3) is 0 Å². The van der Waals surface area contributed by atoms with Crippen LogP contribution in [-0.4, -0.2) is 56.4 Å². The maximum absolute atomic E-state index is 5.61. The van der Waals surface area contributed by atoms with Crippen molar-refractivity contribution in [1.29, 1.82) is 0 Å². The van der Waals surface area contributed by atoms with E-state index in [4.69, 9.17) is 14.5 Å². The Balaban J connectivity index is 1.60. The van der Waals surface area contributed by atoms with E-state index < -0.39 is 0 Å². The van der Waals surface area contributed by atoms with Gasteiger partial charge in [0.05, 0.1) is 37.2 Å². The monoisotopic (exact) mass is 381 g/mol. The van der Waals surface area contributed by atoms with Gasteiger partial charge in [0.1, 0.15) is 23.5 Å². The fraction of sp³-hybridized carbons (Fsp3) is 0.526. The number of methoxy groups -OCH3 is 1. The van der Waals surface area contributed by atoms with Crippen LogP contribution in [0.1, 0.15) is 40.9 Å². The third-order valence-corrected chi connectivity index (χ3v) is 5.55. The van der Waals surface area contributed by atoms with Crippen LogP contribution in [0.15, 0.2) is 6.33 Å². The molecule has 0 radical (unpaired) electrons. The number of rotatable bonds is 3. The van der Waals surface area contributed by atoms with Crippen molar-refractivity contribution in [2.75, 3.05) is 31.8 Å². The van der Waals surface area contributed by atoms with Gasteiger partial charge in [-0.25, -0.2) is 19.5 Å². The molecule has 0 saturated carbocycles. The molecule has 1 atom stereocenters. The lowest BCUT2D eigenvalue weighted by molar-refractivity contribution is 0.193. The van der Waals surface area contributed by atoms with Crippen molar-refractivity contribution < 1.29 is 9.47 Å². The molecule has 0 spiro atoms. The third kappa shape index (κ3) is 2.69. The minimum atomic E-state index is 0.283. The molecule has 1 unspecified atom stereocenters. The number of hydrogen-bond donors (Lipinski definition) is 0. The van der Waals surface area contributed by atoms with Crippen molar-refractivity contribution in [3.63, 3.8) is 0 Å². The Morgan fingerprint density at radius 1 is 1.21 bits per heavy atom. The lowest BCUT2D eigenvalue weighted by Gasteiger charge is -2.30. The first-order chi connectivity index (χ1) is 13.7. The molecule has 0 aromatic carbocycles. The van der Waals surface area contributed by atoms with E-state index in [-0.39, 0.29) is 5.92 Å². The Morgan fingerprint density at radius 2 is 2.11 bits per heavy atom. The van der Waals surface area contributed by atoms with Crippen LogP contribution in [0, 0.1) is 13.8 Å². The van der Waals surface area contributed by atoms with Gasteiger partial charge >= 0.3 is 0 Å². The van der Waals surface area contributed by atoms with Gasteiger partial charge in [0.2, 0.25) is 5.88 Å². The van der Waals surface area contributed by atoms with Gasteiger partial charge in [-0.3, -0.25) is 0 Å². The number of fused-ring (bicyclic) bond motifs is 2. The van der Waals surface area contributed by atoms with E-state index in [1.54, 1.807) is 13.4 Å². The zero-order valence-electron chi connectivity index (χ0n) is 16.3. The summed E-state index contributed by atoms with van der Waals surface area (Å²) in [6.45, 7) is 6.82. The van der Waals surface area contributed by atoms with Crippen LogP contribution < -0.4 is 9.64 Å². The molecule has 0 amide bonds. The molecule has 28 heavy (non-hydrogen) atoms. The molecule has 0 bridgehead atoms. The molecular formula is C19H23N7O2. The number of ether oxygens (including phenoxy) is 2. The molecule has 5 heterocycles. The highest BCUT2D eigenvalue weighted by Gasteiger charge is 2.30. The molecule has 2 aliphatic heterocycles. The summed E-state index contributed by atoms with van der Waals surface area (Å²) in [6.07, 6.45) is 3.40. The van der Waals surface area contributed by atoms with Gasteiger partial charge in [-0.1, -0.05) is 0 Å². The molecule has 2 aliphatic rings. The van der Waals surface area contributed by atoms with Crippen LogP contribution in [0.4, 0.5) is 5.82 Å². The highest BCUT2D eigenvalue weighted by atomic mass is 16.5. The van der Waals surface area contributed by atoms with E-state index >= 15 is 0 Å². The van der Waals surface area contributed by atoms with E-state index in [0.29, 0.717) is 19.0 Å². The fourth-order valence-electron chi connectivity index (χ4n) is 4.21. The minimum Gasteiger partial charge on any atom is -0.481 e. The number of nitrogens with zero attached hydrogens (tertiary/aromatic N) is 7. The Kier molecular flexibility index (Phi) is 4.12. The molecule has 0 aliphatic carbocycles. The van der Waals surface area contributed by atoms with Gasteiger partial charge in [-0.15, -0.1) is 0 Å². The molecular weight excluding hydrogens is 358 g/mol. The van der Waals surface area contributed by atoms with E-state index in [0.717, 1.165) is 65.9 Å². The standard InChI is InChI=1S/C19H23N7O2/c1-11-22-15-4-6-25(8-14(15)19(23-11)27-3)18-17-16(13-5-7-28-9-13)24-12(2)26(17)21-10-20-18/h10,13H,4-9H2,1-3H3. The van der Waals surface area contributed by atoms with Gasteiger partial charge in [0, 0.05) is 25.5 Å². The largest absolute Gasteiger partial charge is 0.481 e. The number of aryl methyl sites for hydroxylation is 2. The maximum Gasteiger partial charge on any atom is 0.221 e. The predicted octanol–water partition coefficient (Wildman–Crippen LogP) is 1.61. The highest BCUT2D eigenvalue weighted by Crippen LogP contribution is 2.35. The summed E-state index contributed by atoms with van der Waals surface area (Å²) in [7, 11) is 1.66. The van der Waals surface area contributed by atoms with E-state index in [1.807, 2.05) is 18.4 Å². The topological polar surface area (TPSA) is 90.6 Å². The lowest BCUT2D eigenvalue weighted by Crippen LogP contribution is -2.33. The molecule has 3 aromatic rings. The lowest BCUT2D eigenvalue weighted by atomic mass is 10.0. The second-order valence-corrected chi connectivity index (χ2v) is 7.33. The Morgan fingerprint density at radius 3 is 2.89 bits per heavy atom. The quantitative estimate of drug-likeness (QED) is 0.676. The van der Waals surface area contributed by atoms with Crippen molar-refractivity contribution in [3.05, 3.63) is 34.9 Å². The minimum absolute atomic E-state index is 0.283. The molecule has 3 aromatic heterocycles. The highest BCUT2D eigenvalue weighted by molar-refractivity contribution is 5.73. The van der Waals surface area contributed by atoms with Crippen LogP contribution >= 0.6 is 0 Å². The van der Waals surface area contributed by atoms with Crippen molar-refractivity contribution in [1.82, 2.24) is 29.5 Å². The van der Waals surface area contributed by atoms with Crippen LogP contribution in [0.2, 0.25) is 0 Å². The van der Waals surface area contributed by atoms with E-state index in [2.05, 4.69) is 25.0 Å². The third-order valence-electron chi connectivity index (χ3n) is 5.55. The first kappa shape index (κ1) is 17.3. The second-order valence-electron chi connectivity index (χ2n) is 7.33. The summed E-state index contributed by atoms with van der Waals surface area (Å²) < 4.78 is 13.0. The summed E-state index contributed by atoms with van der Waals surface area (Å²) in [6, 6.07) is 0. The fourth-order valence-corrected chi connectivity index (χ4v) is 4.21. The zero-order chi connectivity index (χ0) is 19.3. The van der Waals surface area contributed by atoms with Crippen LogP contribution in [-0.2, 0) is 17.7 Å². The summed E-state index contributed by atoms with van der Waals surface area (Å²) >= 11 is 0. The van der Waals surface area contributed by atoms with E-state index in [1.165, 1.54) is 0 Å². The van der Waals surface area contributed by atoms with Gasteiger partial charge < -0.3 is 14.4 Å². The summed E-state index contributed by atoms with van der Waals surface area (Å²) in [4.78, 5) is 20.8. The molecule has 1 saturated heterocycles. The Labute approximate surface area is 162 Å². The number of imidazole rings is 1. The summed E-state index contributed by atoms with van der Waals surface area (Å²) in [5.74, 6) is 3.43. The average Bonchev–Trinajstić information content (AvgIpc) is 3.35. The van der Waals surface area contributed by atoms with Crippen molar-refractivity contribution in [2.45, 2.75) is 39.2 Å². The normalized spacial score (nSPS) is 19.2. The van der Waals surface area contributed by atoms with Crippen LogP contribution in [0.25, 0.3) is 5.52 Å². The molecule has 1 fully saturated rings. The average molecular weight is 381 g/mol. The maximum atomic E-state index is 5.61. The second kappa shape index (κ2) is 6.66. The van der Waals surface area contributed by atoms with Crippen molar-refractivity contribution >= 4 is 11.3 Å². The smallest absolute Gasteiger partial charge is 0.221 e. The van der Waals surface area contributed by atoms with Gasteiger partial charge in [-0.2, -0.15) is 10.1 Å².